The van der Waals surface area contributed by atoms with Gasteiger partial charge in [0.15, 0.2) is 0 Å². The van der Waals surface area contributed by atoms with Crippen molar-refractivity contribution in [1.29, 1.82) is 0 Å². The van der Waals surface area contributed by atoms with E-state index in [-0.39, 0.29) is 5.54 Å². The molecule has 17 heavy (non-hydrogen) atoms. The van der Waals surface area contributed by atoms with Crippen molar-refractivity contribution in [2.24, 2.45) is 0 Å². The smallest absolute Gasteiger partial charge is 0.119 e. The first kappa shape index (κ1) is 12.4. The van der Waals surface area contributed by atoms with Crippen LogP contribution in [0, 0.1) is 0 Å². The summed E-state index contributed by atoms with van der Waals surface area (Å²) in [4.78, 5) is 0. The third-order valence-corrected chi connectivity index (χ3v) is 3.38. The van der Waals surface area contributed by atoms with Gasteiger partial charge in [-0.2, -0.15) is 0 Å². The van der Waals surface area contributed by atoms with Crippen LogP contribution in [0.5, 0.6) is 5.75 Å². The van der Waals surface area contributed by atoms with Crippen LogP contribution in [-0.2, 0) is 4.74 Å². The van der Waals surface area contributed by atoms with Crippen LogP contribution in [0.2, 0.25) is 0 Å². The lowest BCUT2D eigenvalue weighted by Gasteiger charge is -2.28. The lowest BCUT2D eigenvalue weighted by atomic mass is 9.98. The summed E-state index contributed by atoms with van der Waals surface area (Å²) in [6.45, 7) is 6.05. The molecule has 2 unspecified atom stereocenters. The summed E-state index contributed by atoms with van der Waals surface area (Å²) >= 11 is 0. The van der Waals surface area contributed by atoms with Crippen LogP contribution in [0.15, 0.2) is 24.3 Å². The van der Waals surface area contributed by atoms with Gasteiger partial charge in [0, 0.05) is 18.2 Å². The van der Waals surface area contributed by atoms with E-state index in [4.69, 9.17) is 9.47 Å². The second-order valence-corrected chi connectivity index (χ2v) is 5.01. The highest BCUT2D eigenvalue weighted by atomic mass is 16.5. The van der Waals surface area contributed by atoms with Crippen LogP contribution < -0.4 is 10.1 Å². The average Bonchev–Trinajstić information content (AvgIpc) is 2.76. The first-order chi connectivity index (χ1) is 8.13. The molecule has 3 heteroatoms. The fourth-order valence-electron chi connectivity index (χ4n) is 2.30. The van der Waals surface area contributed by atoms with E-state index in [1.54, 1.807) is 7.11 Å². The molecule has 1 fully saturated rings. The van der Waals surface area contributed by atoms with Crippen LogP contribution in [0.1, 0.15) is 31.9 Å². The zero-order valence-electron chi connectivity index (χ0n) is 10.8. The van der Waals surface area contributed by atoms with Crippen molar-refractivity contribution in [3.05, 3.63) is 29.8 Å². The summed E-state index contributed by atoms with van der Waals surface area (Å²) < 4.78 is 10.7. The molecule has 3 nitrogen and oxygen atoms in total. The van der Waals surface area contributed by atoms with Gasteiger partial charge in [0.25, 0.3) is 0 Å². The van der Waals surface area contributed by atoms with Crippen molar-refractivity contribution in [2.45, 2.75) is 31.8 Å². The van der Waals surface area contributed by atoms with Crippen molar-refractivity contribution in [3.63, 3.8) is 0 Å². The Morgan fingerprint density at radius 1 is 1.47 bits per heavy atom. The number of rotatable bonds is 4. The molecular weight excluding hydrogens is 214 g/mol. The fourth-order valence-corrected chi connectivity index (χ4v) is 2.30. The maximum Gasteiger partial charge on any atom is 0.119 e. The number of ether oxygens (including phenoxy) is 2. The summed E-state index contributed by atoms with van der Waals surface area (Å²) in [6.07, 6.45) is 1.07. The van der Waals surface area contributed by atoms with Crippen LogP contribution in [-0.4, -0.2) is 25.9 Å². The third kappa shape index (κ3) is 2.99. The van der Waals surface area contributed by atoms with E-state index < -0.39 is 0 Å². The molecule has 0 aromatic heterocycles. The Morgan fingerprint density at radius 3 is 2.94 bits per heavy atom. The normalized spacial score (nSPS) is 25.8. The topological polar surface area (TPSA) is 30.5 Å². The van der Waals surface area contributed by atoms with Crippen molar-refractivity contribution in [2.75, 3.05) is 20.3 Å². The quantitative estimate of drug-likeness (QED) is 0.870. The summed E-state index contributed by atoms with van der Waals surface area (Å²) in [7, 11) is 1.70. The van der Waals surface area contributed by atoms with Gasteiger partial charge in [0.05, 0.1) is 13.7 Å². The van der Waals surface area contributed by atoms with E-state index >= 15 is 0 Å². The van der Waals surface area contributed by atoms with Gasteiger partial charge in [-0.05, 0) is 38.0 Å². The molecule has 1 aliphatic heterocycles. The molecule has 0 radical (unpaired) electrons. The summed E-state index contributed by atoms with van der Waals surface area (Å²) in [5.41, 5.74) is 1.35. The number of benzene rings is 1. The van der Waals surface area contributed by atoms with Gasteiger partial charge in [-0.1, -0.05) is 12.1 Å². The van der Waals surface area contributed by atoms with E-state index in [1.165, 1.54) is 5.56 Å². The van der Waals surface area contributed by atoms with E-state index in [0.717, 1.165) is 25.4 Å². The Labute approximate surface area is 103 Å². The molecule has 1 N–H and O–H groups in total. The Kier molecular flexibility index (Phi) is 3.69. The predicted molar refractivity (Wildman–Crippen MR) is 68.4 cm³/mol. The van der Waals surface area contributed by atoms with Crippen LogP contribution in [0.3, 0.4) is 0 Å². The molecule has 0 amide bonds. The van der Waals surface area contributed by atoms with Crippen molar-refractivity contribution < 1.29 is 9.47 Å². The number of hydrogen-bond donors (Lipinski definition) is 1. The Balaban J connectivity index is 2.05. The van der Waals surface area contributed by atoms with Crippen LogP contribution in [0.25, 0.3) is 0 Å². The molecule has 0 saturated carbocycles. The maximum atomic E-state index is 5.45. The predicted octanol–water partition coefficient (Wildman–Crippen LogP) is 2.52. The minimum absolute atomic E-state index is 0.0997. The Hall–Kier alpha value is -1.06. The number of methoxy groups -OCH3 is 1. The number of nitrogens with one attached hydrogen (secondary N) is 1. The van der Waals surface area contributed by atoms with Crippen LogP contribution >= 0.6 is 0 Å². The standard InChI is InChI=1S/C14H21NO2/c1-11(15-14(2)7-8-17-10-14)12-5-4-6-13(9-12)16-3/h4-6,9,11,15H,7-8,10H2,1-3H3. The molecule has 0 aliphatic carbocycles. The zero-order valence-corrected chi connectivity index (χ0v) is 10.8. The van der Waals surface area contributed by atoms with Gasteiger partial charge in [0.1, 0.15) is 5.75 Å². The molecular formula is C14H21NO2. The largest absolute Gasteiger partial charge is 0.497 e. The van der Waals surface area contributed by atoms with Gasteiger partial charge in [0.2, 0.25) is 0 Å². The molecule has 2 atom stereocenters. The monoisotopic (exact) mass is 235 g/mol. The van der Waals surface area contributed by atoms with Gasteiger partial charge in [-0.3, -0.25) is 0 Å². The molecule has 0 spiro atoms. The first-order valence-electron chi connectivity index (χ1n) is 6.12. The highest BCUT2D eigenvalue weighted by molar-refractivity contribution is 5.30. The molecule has 1 saturated heterocycles. The lowest BCUT2D eigenvalue weighted by molar-refractivity contribution is 0.167. The second-order valence-electron chi connectivity index (χ2n) is 5.01. The lowest BCUT2D eigenvalue weighted by Crippen LogP contribution is -2.44. The minimum Gasteiger partial charge on any atom is -0.497 e. The fraction of sp³-hybridized carbons (Fsp3) is 0.571. The van der Waals surface area contributed by atoms with E-state index in [0.29, 0.717) is 6.04 Å². The summed E-state index contributed by atoms with van der Waals surface area (Å²) in [5, 5.41) is 3.64. The molecule has 94 valence electrons. The van der Waals surface area contributed by atoms with E-state index in [1.807, 2.05) is 12.1 Å². The molecule has 1 aliphatic rings. The SMILES string of the molecule is COc1cccc(C(C)NC2(C)CCOC2)c1. The third-order valence-electron chi connectivity index (χ3n) is 3.38. The van der Waals surface area contributed by atoms with Crippen LogP contribution in [0.4, 0.5) is 0 Å². The average molecular weight is 235 g/mol. The zero-order chi connectivity index (χ0) is 12.3. The summed E-state index contributed by atoms with van der Waals surface area (Å²) in [5.74, 6) is 0.906. The highest BCUT2D eigenvalue weighted by Crippen LogP contribution is 2.24. The minimum atomic E-state index is 0.0997. The Morgan fingerprint density at radius 2 is 2.29 bits per heavy atom. The first-order valence-corrected chi connectivity index (χ1v) is 6.12. The van der Waals surface area contributed by atoms with Gasteiger partial charge in [-0.15, -0.1) is 0 Å². The number of hydrogen-bond acceptors (Lipinski definition) is 3. The van der Waals surface area contributed by atoms with Gasteiger partial charge >= 0.3 is 0 Å². The maximum absolute atomic E-state index is 5.45. The molecule has 1 aromatic rings. The summed E-state index contributed by atoms with van der Waals surface area (Å²) in [6, 6.07) is 8.50. The van der Waals surface area contributed by atoms with Gasteiger partial charge in [-0.25, -0.2) is 0 Å². The second kappa shape index (κ2) is 5.07. The Bertz CT molecular complexity index is 372. The van der Waals surface area contributed by atoms with E-state index in [2.05, 4.69) is 31.3 Å². The van der Waals surface area contributed by atoms with E-state index in [9.17, 15) is 0 Å². The highest BCUT2D eigenvalue weighted by Gasteiger charge is 2.30. The van der Waals surface area contributed by atoms with Crippen molar-refractivity contribution >= 4 is 0 Å². The van der Waals surface area contributed by atoms with Crippen molar-refractivity contribution in [3.8, 4) is 5.75 Å². The molecule has 1 heterocycles. The van der Waals surface area contributed by atoms with Crippen molar-refractivity contribution in [1.82, 2.24) is 5.32 Å². The van der Waals surface area contributed by atoms with Gasteiger partial charge < -0.3 is 14.8 Å². The molecule has 2 rings (SSSR count). The molecule has 1 aromatic carbocycles. The molecule has 0 bridgehead atoms.